The van der Waals surface area contributed by atoms with E-state index < -0.39 is 124 Å². The predicted molar refractivity (Wildman–Crippen MR) is 268 cm³/mol. The molecule has 3 aliphatic rings. The number of rotatable bonds is 40. The number of nitrogens with one attached hydrogen (secondary N) is 1. The number of carbonyl (C=O) groups excluding carboxylic acids is 1. The second-order valence-electron chi connectivity index (χ2n) is 20.4. The van der Waals surface area contributed by atoms with Gasteiger partial charge in [0.05, 0.1) is 38.6 Å². The van der Waals surface area contributed by atoms with E-state index in [-0.39, 0.29) is 18.9 Å². The van der Waals surface area contributed by atoms with Crippen molar-refractivity contribution in [2.24, 2.45) is 0 Å². The Kier molecular flexibility index (Phi) is 34.3. The van der Waals surface area contributed by atoms with E-state index in [4.69, 9.17) is 28.4 Å². The molecule has 3 heterocycles. The Hall–Kier alpha value is -1.47. The zero-order valence-corrected chi connectivity index (χ0v) is 43.7. The first-order chi connectivity index (χ1) is 34.8. The van der Waals surface area contributed by atoms with Crippen LogP contribution < -0.4 is 5.32 Å². The lowest BCUT2D eigenvalue weighted by molar-refractivity contribution is -0.379. The fourth-order valence-corrected chi connectivity index (χ4v) is 9.66. The van der Waals surface area contributed by atoms with Crippen LogP contribution in [-0.4, -0.2) is 193 Å². The Bertz CT molecular complexity index is 1380. The molecule has 424 valence electrons. The molecule has 72 heavy (non-hydrogen) atoms. The standard InChI is InChI=1S/C53H99NO18/c1-3-5-7-9-11-13-15-16-17-18-19-20-21-22-24-26-28-30-37(58)36(54-41(59)31-29-27-25-23-14-12-10-8-6-4-2)35-67-51-47(65)44(62)49(39(33-56)69-51)72-53-48(66)45(63)50(40(34-57)70-53)71-52-46(64)43(61)42(60)38(32-55)68-52/h28,30,36-40,42-53,55-58,60-66H,3-27,29,31-35H2,1-2H3,(H,54,59)/b30-28+. The van der Waals surface area contributed by atoms with Crippen LogP contribution in [0, 0.1) is 0 Å². The smallest absolute Gasteiger partial charge is 0.220 e. The molecule has 0 saturated carbocycles. The first-order valence-electron chi connectivity index (χ1n) is 27.9. The summed E-state index contributed by atoms with van der Waals surface area (Å²) in [6.07, 6.45) is 7.81. The van der Waals surface area contributed by atoms with Gasteiger partial charge >= 0.3 is 0 Å². The van der Waals surface area contributed by atoms with Crippen molar-refractivity contribution in [3.63, 3.8) is 0 Å². The summed E-state index contributed by atoms with van der Waals surface area (Å²) in [7, 11) is 0. The molecule has 17 atom stereocenters. The van der Waals surface area contributed by atoms with Crippen LogP contribution in [0.5, 0.6) is 0 Å². The van der Waals surface area contributed by atoms with Gasteiger partial charge in [-0.2, -0.15) is 0 Å². The molecule has 0 radical (unpaired) electrons. The largest absolute Gasteiger partial charge is 0.394 e. The summed E-state index contributed by atoms with van der Waals surface area (Å²) in [5.74, 6) is -0.278. The molecule has 19 nitrogen and oxygen atoms in total. The lowest BCUT2D eigenvalue weighted by atomic mass is 9.96. The summed E-state index contributed by atoms with van der Waals surface area (Å²) in [5, 5.41) is 120. The third kappa shape index (κ3) is 23.0. The molecular formula is C53H99NO18. The molecule has 3 aliphatic heterocycles. The van der Waals surface area contributed by atoms with E-state index in [1.165, 1.54) is 116 Å². The highest BCUT2D eigenvalue weighted by Gasteiger charge is 2.53. The summed E-state index contributed by atoms with van der Waals surface area (Å²) >= 11 is 0. The number of allylic oxidation sites excluding steroid dienone is 1. The third-order valence-electron chi connectivity index (χ3n) is 14.3. The first kappa shape index (κ1) is 64.8. The van der Waals surface area contributed by atoms with Crippen molar-refractivity contribution < 1.29 is 89.4 Å². The highest BCUT2D eigenvalue weighted by atomic mass is 16.8. The number of amides is 1. The summed E-state index contributed by atoms with van der Waals surface area (Å²) in [5.41, 5.74) is 0. The topological polar surface area (TPSA) is 307 Å². The van der Waals surface area contributed by atoms with Crippen molar-refractivity contribution in [2.75, 3.05) is 26.4 Å². The van der Waals surface area contributed by atoms with E-state index in [9.17, 15) is 61.0 Å². The van der Waals surface area contributed by atoms with Crippen LogP contribution in [0.3, 0.4) is 0 Å². The van der Waals surface area contributed by atoms with Crippen LogP contribution in [0.2, 0.25) is 0 Å². The second kappa shape index (κ2) is 38.1. The minimum Gasteiger partial charge on any atom is -0.394 e. The van der Waals surface area contributed by atoms with E-state index in [1.807, 2.05) is 6.08 Å². The fraction of sp³-hybridized carbons (Fsp3) is 0.943. The van der Waals surface area contributed by atoms with Gasteiger partial charge in [-0.3, -0.25) is 4.79 Å². The maximum Gasteiger partial charge on any atom is 0.220 e. The molecule has 12 N–H and O–H groups in total. The highest BCUT2D eigenvalue weighted by molar-refractivity contribution is 5.76. The number of aliphatic hydroxyl groups is 11. The number of hydrogen-bond donors (Lipinski definition) is 12. The quantitative estimate of drug-likeness (QED) is 0.0309. The lowest BCUT2D eigenvalue weighted by Crippen LogP contribution is -2.66. The number of unbranched alkanes of at least 4 members (excludes halogenated alkanes) is 24. The second-order valence-corrected chi connectivity index (χ2v) is 20.4. The Balaban J connectivity index is 1.53. The van der Waals surface area contributed by atoms with Crippen LogP contribution in [-0.2, 0) is 33.2 Å². The molecule has 0 aromatic rings. The van der Waals surface area contributed by atoms with Crippen LogP contribution >= 0.6 is 0 Å². The maximum atomic E-state index is 13.2. The Morgan fingerprint density at radius 2 is 0.861 bits per heavy atom. The summed E-state index contributed by atoms with van der Waals surface area (Å²) < 4.78 is 34.1. The van der Waals surface area contributed by atoms with Gasteiger partial charge in [-0.1, -0.05) is 174 Å². The van der Waals surface area contributed by atoms with Gasteiger partial charge in [0, 0.05) is 6.42 Å². The van der Waals surface area contributed by atoms with Crippen molar-refractivity contribution >= 4 is 5.91 Å². The van der Waals surface area contributed by atoms with Gasteiger partial charge in [0.1, 0.15) is 73.2 Å². The molecule has 19 heteroatoms. The van der Waals surface area contributed by atoms with E-state index in [2.05, 4.69) is 19.2 Å². The maximum absolute atomic E-state index is 13.2. The molecule has 1 amide bonds. The van der Waals surface area contributed by atoms with Gasteiger partial charge in [0.2, 0.25) is 5.91 Å². The third-order valence-corrected chi connectivity index (χ3v) is 14.3. The molecule has 0 bridgehead atoms. The minimum absolute atomic E-state index is 0.247. The monoisotopic (exact) mass is 1040 g/mol. The molecule has 3 saturated heterocycles. The molecule has 0 aromatic heterocycles. The van der Waals surface area contributed by atoms with Crippen LogP contribution in [0.4, 0.5) is 0 Å². The Morgan fingerprint density at radius 1 is 0.486 bits per heavy atom. The highest BCUT2D eigenvalue weighted by Crippen LogP contribution is 2.33. The van der Waals surface area contributed by atoms with Crippen molar-refractivity contribution in [1.29, 1.82) is 0 Å². The average molecular weight is 1040 g/mol. The minimum atomic E-state index is -1.97. The van der Waals surface area contributed by atoms with Gasteiger partial charge in [-0.25, -0.2) is 0 Å². The summed E-state index contributed by atoms with van der Waals surface area (Å²) in [6, 6.07) is -0.965. The zero-order valence-electron chi connectivity index (χ0n) is 43.7. The molecule has 0 aromatic carbocycles. The van der Waals surface area contributed by atoms with Gasteiger partial charge in [0.15, 0.2) is 18.9 Å². The van der Waals surface area contributed by atoms with E-state index in [1.54, 1.807) is 6.08 Å². The van der Waals surface area contributed by atoms with Crippen molar-refractivity contribution in [3.8, 4) is 0 Å². The van der Waals surface area contributed by atoms with Gasteiger partial charge in [0.25, 0.3) is 0 Å². The van der Waals surface area contributed by atoms with Crippen molar-refractivity contribution in [3.05, 3.63) is 12.2 Å². The normalized spacial score (nSPS) is 32.0. The van der Waals surface area contributed by atoms with Crippen LogP contribution in [0.15, 0.2) is 12.2 Å². The van der Waals surface area contributed by atoms with E-state index in [0.717, 1.165) is 44.9 Å². The predicted octanol–water partition coefficient (Wildman–Crippen LogP) is 3.43. The molecule has 0 aliphatic carbocycles. The molecule has 17 unspecified atom stereocenters. The average Bonchev–Trinajstić information content (AvgIpc) is 3.37. The fourth-order valence-electron chi connectivity index (χ4n) is 9.66. The van der Waals surface area contributed by atoms with E-state index >= 15 is 0 Å². The first-order valence-corrected chi connectivity index (χ1v) is 27.9. The molecule has 0 spiro atoms. The van der Waals surface area contributed by atoms with Crippen LogP contribution in [0.1, 0.15) is 187 Å². The molecule has 3 fully saturated rings. The van der Waals surface area contributed by atoms with Gasteiger partial charge in [-0.15, -0.1) is 0 Å². The zero-order chi connectivity index (χ0) is 52.7. The SMILES string of the molecule is CCCCCCCCCCCCCCCCC/C=C/C(O)C(COC1OC(CO)C(OC2OC(CO)C(OC3OC(CO)C(O)C(O)C3O)C(O)C2O)C(O)C1O)NC(=O)CCCCCCCCCCCC. The number of carbonyl (C=O) groups is 1. The van der Waals surface area contributed by atoms with Gasteiger partial charge < -0.3 is 89.9 Å². The summed E-state index contributed by atoms with van der Waals surface area (Å²) in [4.78, 5) is 13.2. The Labute approximate surface area is 429 Å². The van der Waals surface area contributed by atoms with Crippen molar-refractivity contribution in [2.45, 2.75) is 291 Å². The number of hydrogen-bond acceptors (Lipinski definition) is 18. The number of ether oxygens (including phenoxy) is 6. The summed E-state index contributed by atoms with van der Waals surface area (Å²) in [6.45, 7) is 1.69. The van der Waals surface area contributed by atoms with Crippen molar-refractivity contribution in [1.82, 2.24) is 5.32 Å². The molecular weight excluding hydrogens is 939 g/mol. The lowest BCUT2D eigenvalue weighted by Gasteiger charge is -2.48. The van der Waals surface area contributed by atoms with E-state index in [0.29, 0.717) is 6.42 Å². The van der Waals surface area contributed by atoms with Crippen LogP contribution in [0.25, 0.3) is 0 Å². The number of aliphatic hydroxyl groups excluding tert-OH is 11. The van der Waals surface area contributed by atoms with Gasteiger partial charge in [-0.05, 0) is 19.3 Å². The molecule has 3 rings (SSSR count). The Morgan fingerprint density at radius 3 is 1.31 bits per heavy atom.